The lowest BCUT2D eigenvalue weighted by Crippen LogP contribution is -2.40. The minimum Gasteiger partial charge on any atom is -0.298 e. The van der Waals surface area contributed by atoms with Crippen LogP contribution in [0.5, 0.6) is 0 Å². The standard InChI is InChI=1S/C9H17N/c1-9(2)7-5-4-6-8-10(9)3/h4,6H,5,7-8H2,1-3H3. The first-order valence-corrected chi connectivity index (χ1v) is 3.99. The maximum absolute atomic E-state index is 2.40. The highest BCUT2D eigenvalue weighted by Gasteiger charge is 2.22. The van der Waals surface area contributed by atoms with Crippen molar-refractivity contribution in [2.24, 2.45) is 0 Å². The van der Waals surface area contributed by atoms with Gasteiger partial charge in [-0.3, -0.25) is 4.90 Å². The third-order valence-corrected chi connectivity index (χ3v) is 2.50. The Morgan fingerprint density at radius 1 is 1.30 bits per heavy atom. The molecule has 0 aliphatic carbocycles. The summed E-state index contributed by atoms with van der Waals surface area (Å²) in [7, 11) is 2.19. The monoisotopic (exact) mass is 139 g/mol. The molecule has 0 amide bonds. The van der Waals surface area contributed by atoms with E-state index in [-0.39, 0.29) is 0 Å². The summed E-state index contributed by atoms with van der Waals surface area (Å²) in [6.07, 6.45) is 7.05. The Labute approximate surface area is 63.7 Å². The Balaban J connectivity index is 2.60. The number of rotatable bonds is 0. The van der Waals surface area contributed by atoms with Crippen LogP contribution in [0.2, 0.25) is 0 Å². The van der Waals surface area contributed by atoms with Crippen molar-refractivity contribution in [2.45, 2.75) is 32.2 Å². The van der Waals surface area contributed by atoms with Gasteiger partial charge in [-0.25, -0.2) is 0 Å². The van der Waals surface area contributed by atoms with E-state index >= 15 is 0 Å². The molecule has 1 rings (SSSR count). The highest BCUT2D eigenvalue weighted by atomic mass is 15.2. The molecule has 58 valence electrons. The molecule has 0 atom stereocenters. The lowest BCUT2D eigenvalue weighted by Gasteiger charge is -2.33. The third-order valence-electron chi connectivity index (χ3n) is 2.50. The molecule has 0 aromatic rings. The zero-order valence-electron chi connectivity index (χ0n) is 7.22. The summed E-state index contributed by atoms with van der Waals surface area (Å²) >= 11 is 0. The first-order chi connectivity index (χ1) is 4.63. The van der Waals surface area contributed by atoms with Crippen molar-refractivity contribution in [2.75, 3.05) is 13.6 Å². The van der Waals surface area contributed by atoms with Crippen LogP contribution in [0.4, 0.5) is 0 Å². The summed E-state index contributed by atoms with van der Waals surface area (Å²) in [4.78, 5) is 2.40. The van der Waals surface area contributed by atoms with Crippen LogP contribution in [0.15, 0.2) is 12.2 Å². The van der Waals surface area contributed by atoms with Crippen molar-refractivity contribution in [3.8, 4) is 0 Å². The fraction of sp³-hybridized carbons (Fsp3) is 0.778. The average Bonchev–Trinajstić information content (AvgIpc) is 1.96. The summed E-state index contributed by atoms with van der Waals surface area (Å²) in [6.45, 7) is 5.72. The summed E-state index contributed by atoms with van der Waals surface area (Å²) in [5, 5.41) is 0. The van der Waals surface area contributed by atoms with Gasteiger partial charge in [0.05, 0.1) is 0 Å². The number of nitrogens with zero attached hydrogens (tertiary/aromatic N) is 1. The second kappa shape index (κ2) is 2.75. The van der Waals surface area contributed by atoms with Crippen LogP contribution >= 0.6 is 0 Å². The van der Waals surface area contributed by atoms with E-state index in [0.717, 1.165) is 6.54 Å². The highest BCUT2D eigenvalue weighted by Crippen LogP contribution is 2.21. The predicted molar refractivity (Wildman–Crippen MR) is 45.1 cm³/mol. The van der Waals surface area contributed by atoms with Gasteiger partial charge in [0.15, 0.2) is 0 Å². The summed E-state index contributed by atoms with van der Waals surface area (Å²) in [5.74, 6) is 0. The van der Waals surface area contributed by atoms with Crippen molar-refractivity contribution < 1.29 is 0 Å². The largest absolute Gasteiger partial charge is 0.298 e. The molecule has 0 unspecified atom stereocenters. The van der Waals surface area contributed by atoms with Crippen molar-refractivity contribution >= 4 is 0 Å². The second-order valence-corrected chi connectivity index (χ2v) is 3.70. The van der Waals surface area contributed by atoms with Crippen LogP contribution in [0.3, 0.4) is 0 Å². The Hall–Kier alpha value is -0.300. The van der Waals surface area contributed by atoms with Gasteiger partial charge in [0.1, 0.15) is 0 Å². The topological polar surface area (TPSA) is 3.24 Å². The molecule has 0 aromatic carbocycles. The SMILES string of the molecule is CN1CC=CCCC1(C)C. The summed E-state index contributed by atoms with van der Waals surface area (Å²) in [5.41, 5.74) is 0.392. The molecule has 10 heavy (non-hydrogen) atoms. The quantitative estimate of drug-likeness (QED) is 0.464. The van der Waals surface area contributed by atoms with Crippen LogP contribution < -0.4 is 0 Å². The van der Waals surface area contributed by atoms with Gasteiger partial charge in [-0.05, 0) is 33.7 Å². The molecule has 0 radical (unpaired) electrons. The van der Waals surface area contributed by atoms with E-state index < -0.39 is 0 Å². The van der Waals surface area contributed by atoms with Crippen molar-refractivity contribution in [3.05, 3.63) is 12.2 Å². The predicted octanol–water partition coefficient (Wildman–Crippen LogP) is 2.05. The summed E-state index contributed by atoms with van der Waals surface area (Å²) in [6, 6.07) is 0. The lowest BCUT2D eigenvalue weighted by molar-refractivity contribution is 0.168. The second-order valence-electron chi connectivity index (χ2n) is 3.70. The van der Waals surface area contributed by atoms with Crippen molar-refractivity contribution in [1.29, 1.82) is 0 Å². The fourth-order valence-electron chi connectivity index (χ4n) is 1.23. The first kappa shape index (κ1) is 7.80. The van der Waals surface area contributed by atoms with Gasteiger partial charge in [-0.2, -0.15) is 0 Å². The van der Waals surface area contributed by atoms with Gasteiger partial charge >= 0.3 is 0 Å². The van der Waals surface area contributed by atoms with E-state index in [9.17, 15) is 0 Å². The number of hydrogen-bond donors (Lipinski definition) is 0. The average molecular weight is 139 g/mol. The molecule has 1 aliphatic heterocycles. The van der Waals surface area contributed by atoms with Crippen LogP contribution in [-0.2, 0) is 0 Å². The Morgan fingerprint density at radius 2 is 2.00 bits per heavy atom. The van der Waals surface area contributed by atoms with Crippen molar-refractivity contribution in [1.82, 2.24) is 4.90 Å². The minimum absolute atomic E-state index is 0.392. The first-order valence-electron chi connectivity index (χ1n) is 3.99. The van der Waals surface area contributed by atoms with Gasteiger partial charge < -0.3 is 0 Å². The van der Waals surface area contributed by atoms with E-state index in [2.05, 4.69) is 37.9 Å². The van der Waals surface area contributed by atoms with E-state index in [1.165, 1.54) is 12.8 Å². The van der Waals surface area contributed by atoms with Crippen LogP contribution in [0, 0.1) is 0 Å². The normalized spacial score (nSPS) is 26.3. The lowest BCUT2D eigenvalue weighted by atomic mass is 9.98. The number of likely N-dealkylation sites (N-methyl/N-ethyl adjacent to an activating group) is 1. The van der Waals surface area contributed by atoms with E-state index in [4.69, 9.17) is 0 Å². The van der Waals surface area contributed by atoms with Gasteiger partial charge in [0.2, 0.25) is 0 Å². The van der Waals surface area contributed by atoms with Gasteiger partial charge in [0, 0.05) is 12.1 Å². The van der Waals surface area contributed by atoms with Gasteiger partial charge in [-0.1, -0.05) is 12.2 Å². The molecule has 0 fully saturated rings. The minimum atomic E-state index is 0.392. The van der Waals surface area contributed by atoms with Crippen LogP contribution in [0.25, 0.3) is 0 Å². The molecule has 0 saturated carbocycles. The molecular formula is C9H17N. The highest BCUT2D eigenvalue weighted by molar-refractivity contribution is 4.94. The molecule has 0 aromatic heterocycles. The zero-order valence-corrected chi connectivity index (χ0v) is 7.22. The van der Waals surface area contributed by atoms with Crippen LogP contribution in [-0.4, -0.2) is 24.0 Å². The Bertz CT molecular complexity index is 136. The van der Waals surface area contributed by atoms with E-state index in [1.54, 1.807) is 0 Å². The number of hydrogen-bond acceptors (Lipinski definition) is 1. The molecular weight excluding hydrogens is 122 g/mol. The maximum Gasteiger partial charge on any atom is 0.0165 e. The number of allylic oxidation sites excluding steroid dienone is 1. The van der Waals surface area contributed by atoms with Gasteiger partial charge in [-0.15, -0.1) is 0 Å². The molecule has 0 saturated heterocycles. The molecule has 0 spiro atoms. The molecule has 0 N–H and O–H groups in total. The Kier molecular flexibility index (Phi) is 2.14. The Morgan fingerprint density at radius 3 is 2.70 bits per heavy atom. The molecule has 1 heterocycles. The van der Waals surface area contributed by atoms with Gasteiger partial charge in [0.25, 0.3) is 0 Å². The van der Waals surface area contributed by atoms with E-state index in [1.807, 2.05) is 0 Å². The molecule has 1 aliphatic rings. The molecule has 1 heteroatoms. The maximum atomic E-state index is 2.40. The van der Waals surface area contributed by atoms with E-state index in [0.29, 0.717) is 5.54 Å². The molecule has 1 nitrogen and oxygen atoms in total. The smallest absolute Gasteiger partial charge is 0.0165 e. The third kappa shape index (κ3) is 1.60. The molecule has 0 bridgehead atoms. The summed E-state index contributed by atoms with van der Waals surface area (Å²) < 4.78 is 0. The zero-order chi connectivity index (χ0) is 7.61. The van der Waals surface area contributed by atoms with Crippen molar-refractivity contribution in [3.63, 3.8) is 0 Å². The van der Waals surface area contributed by atoms with Crippen LogP contribution in [0.1, 0.15) is 26.7 Å². The fourth-order valence-corrected chi connectivity index (χ4v) is 1.23.